The molecule has 2 aromatic rings. The molecule has 1 amide bonds. The maximum absolute atomic E-state index is 13.2. The minimum Gasteiger partial charge on any atom is -0.328 e. The van der Waals surface area contributed by atoms with Gasteiger partial charge in [0.05, 0.1) is 17.8 Å². The molecule has 0 bridgehead atoms. The molecule has 0 unspecified atom stereocenters. The number of carbonyl (C=O) groups is 3. The van der Waals surface area contributed by atoms with Crippen LogP contribution in [0.2, 0.25) is 0 Å². The van der Waals surface area contributed by atoms with Crippen LogP contribution in [0.4, 0.5) is 0 Å². The number of halogens is 2. The lowest BCUT2D eigenvalue weighted by Crippen LogP contribution is -2.44. The number of amides is 1. The third-order valence-corrected chi connectivity index (χ3v) is 7.56. The lowest BCUT2D eigenvalue weighted by molar-refractivity contribution is -0.139. The summed E-state index contributed by atoms with van der Waals surface area (Å²) in [5, 5.41) is 5.04. The van der Waals surface area contributed by atoms with Crippen LogP contribution in [0.1, 0.15) is 49.5 Å². The van der Waals surface area contributed by atoms with Crippen molar-refractivity contribution in [2.24, 2.45) is 11.8 Å². The zero-order valence-corrected chi connectivity index (χ0v) is 18.1. The molecule has 3 heterocycles. The van der Waals surface area contributed by atoms with Crippen molar-refractivity contribution in [3.8, 4) is 0 Å². The van der Waals surface area contributed by atoms with E-state index in [4.69, 9.17) is 23.2 Å². The minimum atomic E-state index is -0.683. The molecule has 4 atom stereocenters. The van der Waals surface area contributed by atoms with Crippen molar-refractivity contribution in [2.75, 3.05) is 0 Å². The normalized spacial score (nSPS) is 28.4. The Balaban J connectivity index is 1.32. The number of fused-ring (bicyclic) bond motifs is 2. The van der Waals surface area contributed by atoms with Crippen LogP contribution >= 0.6 is 23.2 Å². The van der Waals surface area contributed by atoms with Crippen LogP contribution in [0, 0.1) is 11.8 Å². The summed E-state index contributed by atoms with van der Waals surface area (Å²) < 4.78 is 0.843. The van der Waals surface area contributed by atoms with E-state index >= 15 is 0 Å². The lowest BCUT2D eigenvalue weighted by atomic mass is 10.0. The lowest BCUT2D eigenvalue weighted by Gasteiger charge is -2.27. The second-order valence-electron chi connectivity index (χ2n) is 8.74. The smallest absolute Gasteiger partial charge is 0.245 e. The van der Waals surface area contributed by atoms with E-state index in [1.807, 2.05) is 0 Å². The standard InChI is InChI=1S/C21H22Cl2N4O3/c1-11(28)20-14-4-5-24-9-17(14)26(25-20)10-19(30)27-15-6-12(15)7-16(27)18(29)3-2-13-8-21(13,22)23/h4-5,9,12-13,15-16H,2-3,6-8,10H2,1H3/t12-,13+,15-,16+/m1/s1. The molecule has 0 aromatic carbocycles. The van der Waals surface area contributed by atoms with E-state index in [1.54, 1.807) is 23.4 Å². The number of ketones is 2. The van der Waals surface area contributed by atoms with Crippen molar-refractivity contribution in [3.05, 3.63) is 24.2 Å². The van der Waals surface area contributed by atoms with Crippen molar-refractivity contribution < 1.29 is 14.4 Å². The molecule has 2 aromatic heterocycles. The fourth-order valence-electron chi connectivity index (χ4n) is 4.78. The molecule has 0 radical (unpaired) electrons. The fraction of sp³-hybridized carbons (Fsp3) is 0.571. The van der Waals surface area contributed by atoms with Crippen molar-refractivity contribution in [3.63, 3.8) is 0 Å². The summed E-state index contributed by atoms with van der Waals surface area (Å²) in [6, 6.07) is 1.48. The van der Waals surface area contributed by atoms with Gasteiger partial charge in [0.2, 0.25) is 5.91 Å². The summed E-state index contributed by atoms with van der Waals surface area (Å²) >= 11 is 12.1. The van der Waals surface area contributed by atoms with Gasteiger partial charge in [0, 0.05) is 31.0 Å². The maximum Gasteiger partial charge on any atom is 0.245 e. The van der Waals surface area contributed by atoms with Crippen LogP contribution in [-0.4, -0.2) is 53.6 Å². The number of aromatic nitrogens is 3. The molecule has 158 valence electrons. The summed E-state index contributed by atoms with van der Waals surface area (Å²) in [6.45, 7) is 1.44. The number of alkyl halides is 2. The van der Waals surface area contributed by atoms with Crippen LogP contribution in [0.5, 0.6) is 0 Å². The largest absolute Gasteiger partial charge is 0.328 e. The average Bonchev–Trinajstić information content (AvgIpc) is 3.49. The Hall–Kier alpha value is -1.99. The van der Waals surface area contributed by atoms with Gasteiger partial charge in [0.1, 0.15) is 16.6 Å². The van der Waals surface area contributed by atoms with Gasteiger partial charge < -0.3 is 4.90 Å². The number of likely N-dealkylation sites (tertiary alicyclic amines) is 1. The van der Waals surface area contributed by atoms with Gasteiger partial charge >= 0.3 is 0 Å². The Kier molecular flexibility index (Phi) is 4.67. The molecule has 7 nitrogen and oxygen atoms in total. The van der Waals surface area contributed by atoms with Gasteiger partial charge in [-0.2, -0.15) is 5.10 Å². The second kappa shape index (κ2) is 7.02. The van der Waals surface area contributed by atoms with Gasteiger partial charge in [-0.3, -0.25) is 24.0 Å². The SMILES string of the molecule is CC(=O)c1nn(CC(=O)N2[C@@H]3C[C@@H]3C[C@H]2C(=O)CC[C@H]2CC2(Cl)Cl)c2cnccc12. The molecule has 0 N–H and O–H groups in total. The molecule has 30 heavy (non-hydrogen) atoms. The van der Waals surface area contributed by atoms with Crippen molar-refractivity contribution in [1.29, 1.82) is 0 Å². The summed E-state index contributed by atoms with van der Waals surface area (Å²) in [4.78, 5) is 43.9. The van der Waals surface area contributed by atoms with Crippen LogP contribution in [0.3, 0.4) is 0 Å². The van der Waals surface area contributed by atoms with E-state index in [1.165, 1.54) is 11.6 Å². The Morgan fingerprint density at radius 3 is 2.73 bits per heavy atom. The highest BCUT2D eigenvalue weighted by atomic mass is 35.5. The number of Topliss-reactive ketones (excluding diaryl/α,β-unsaturated/α-hetero) is 2. The van der Waals surface area contributed by atoms with Gasteiger partial charge in [-0.05, 0) is 43.6 Å². The Bertz CT molecular complexity index is 1070. The number of hydrogen-bond acceptors (Lipinski definition) is 5. The Labute approximate surface area is 183 Å². The van der Waals surface area contributed by atoms with Crippen molar-refractivity contribution in [2.45, 2.75) is 62.0 Å². The molecule has 2 saturated carbocycles. The predicted molar refractivity (Wildman–Crippen MR) is 111 cm³/mol. The van der Waals surface area contributed by atoms with Crippen molar-refractivity contribution in [1.82, 2.24) is 19.7 Å². The molecule has 1 saturated heterocycles. The number of hydrogen-bond donors (Lipinski definition) is 0. The first-order chi connectivity index (χ1) is 14.3. The predicted octanol–water partition coefficient (Wildman–Crippen LogP) is 3.17. The van der Waals surface area contributed by atoms with E-state index in [-0.39, 0.29) is 42.0 Å². The van der Waals surface area contributed by atoms with Gasteiger partial charge in [-0.15, -0.1) is 23.2 Å². The molecule has 1 aliphatic heterocycles. The fourth-order valence-corrected chi connectivity index (χ4v) is 5.37. The molecular weight excluding hydrogens is 427 g/mol. The van der Waals surface area contributed by atoms with E-state index in [9.17, 15) is 14.4 Å². The Morgan fingerprint density at radius 2 is 2.03 bits per heavy atom. The number of rotatable bonds is 7. The number of nitrogens with zero attached hydrogens (tertiary/aromatic N) is 4. The zero-order chi connectivity index (χ0) is 21.2. The third kappa shape index (κ3) is 3.42. The summed E-state index contributed by atoms with van der Waals surface area (Å²) in [5.41, 5.74) is 0.966. The van der Waals surface area contributed by atoms with Gasteiger partial charge in [0.25, 0.3) is 0 Å². The Morgan fingerprint density at radius 1 is 1.27 bits per heavy atom. The highest BCUT2D eigenvalue weighted by Crippen LogP contribution is 2.55. The van der Waals surface area contributed by atoms with Gasteiger partial charge in [-0.1, -0.05) is 0 Å². The summed E-state index contributed by atoms with van der Waals surface area (Å²) in [5.74, 6) is 0.356. The number of piperidine rings is 1. The second-order valence-corrected chi connectivity index (χ2v) is 10.3. The molecular formula is C21H22Cl2N4O3. The van der Waals surface area contributed by atoms with Crippen LogP contribution in [-0.2, 0) is 16.1 Å². The van der Waals surface area contributed by atoms with Crippen LogP contribution in [0.25, 0.3) is 10.9 Å². The highest BCUT2D eigenvalue weighted by Gasteiger charge is 2.56. The monoisotopic (exact) mass is 448 g/mol. The van der Waals surface area contributed by atoms with Gasteiger partial charge in [-0.25, -0.2) is 0 Å². The maximum atomic E-state index is 13.2. The van der Waals surface area contributed by atoms with E-state index in [0.717, 1.165) is 19.3 Å². The quantitative estimate of drug-likeness (QED) is 0.479. The molecule has 9 heteroatoms. The molecule has 0 spiro atoms. The van der Waals surface area contributed by atoms with Crippen LogP contribution < -0.4 is 0 Å². The van der Waals surface area contributed by atoms with Gasteiger partial charge in [0.15, 0.2) is 11.6 Å². The third-order valence-electron chi connectivity index (χ3n) is 6.63. The first-order valence-electron chi connectivity index (χ1n) is 10.3. The number of carbonyl (C=O) groups excluding carboxylic acids is 3. The van der Waals surface area contributed by atoms with Crippen molar-refractivity contribution >= 4 is 51.6 Å². The first-order valence-corrected chi connectivity index (χ1v) is 11.0. The number of pyridine rings is 1. The zero-order valence-electron chi connectivity index (χ0n) is 16.6. The van der Waals surface area contributed by atoms with E-state index < -0.39 is 4.33 Å². The molecule has 3 fully saturated rings. The van der Waals surface area contributed by atoms with E-state index in [2.05, 4.69) is 10.1 Å². The van der Waals surface area contributed by atoms with E-state index in [0.29, 0.717) is 35.4 Å². The molecule has 5 rings (SSSR count). The first kappa shape index (κ1) is 19.9. The topological polar surface area (TPSA) is 85.2 Å². The highest BCUT2D eigenvalue weighted by molar-refractivity contribution is 6.50. The minimum absolute atomic E-state index is 0.0163. The summed E-state index contributed by atoms with van der Waals surface area (Å²) in [6.07, 6.45) is 6.66. The average molecular weight is 449 g/mol. The molecule has 2 aliphatic carbocycles. The molecule has 3 aliphatic rings. The summed E-state index contributed by atoms with van der Waals surface area (Å²) in [7, 11) is 0. The van der Waals surface area contributed by atoms with Crippen LogP contribution in [0.15, 0.2) is 18.5 Å².